The van der Waals surface area contributed by atoms with Crippen molar-refractivity contribution in [2.75, 3.05) is 0 Å². The molecule has 0 aliphatic carbocycles. The van der Waals surface area contributed by atoms with E-state index in [4.69, 9.17) is 11.7 Å². The molecule has 0 saturated carbocycles. The van der Waals surface area contributed by atoms with Crippen LogP contribution in [0.4, 0.5) is 5.69 Å². The van der Waals surface area contributed by atoms with Gasteiger partial charge in [-0.25, -0.2) is 4.85 Å². The highest BCUT2D eigenvalue weighted by Crippen LogP contribution is 2.22. The number of phenols is 1. The summed E-state index contributed by atoms with van der Waals surface area (Å²) in [6.45, 7) is 8.50. The first-order valence-electron chi connectivity index (χ1n) is 2.91. The fourth-order valence-corrected chi connectivity index (χ4v) is 0.765. The third-order valence-corrected chi connectivity index (χ3v) is 1.30. The van der Waals surface area contributed by atoms with Crippen molar-refractivity contribution in [1.82, 2.24) is 0 Å². The zero-order valence-corrected chi connectivity index (χ0v) is 5.63. The zero-order valence-electron chi connectivity index (χ0n) is 5.63. The molecule has 0 unspecified atom stereocenters. The summed E-state index contributed by atoms with van der Waals surface area (Å²) in [6.07, 6.45) is 0. The molecule has 2 heteroatoms. The molecular formula is C8H7NO. The van der Waals surface area contributed by atoms with Gasteiger partial charge in [-0.3, -0.25) is 0 Å². The van der Waals surface area contributed by atoms with Crippen molar-refractivity contribution in [3.05, 3.63) is 35.2 Å². The molecule has 1 N–H and O–H groups in total. The molecular weight excluding hydrogens is 126 g/mol. The van der Waals surface area contributed by atoms with Gasteiger partial charge in [-0.05, 0) is 24.6 Å². The minimum Gasteiger partial charge on any atom is -0.508 e. The van der Waals surface area contributed by atoms with Crippen LogP contribution in [0.25, 0.3) is 4.85 Å². The maximum atomic E-state index is 8.93. The number of phenolic OH excluding ortho intramolecular Hbond substituents is 1. The van der Waals surface area contributed by atoms with Crippen LogP contribution in [-0.4, -0.2) is 5.11 Å². The average molecular weight is 133 g/mol. The lowest BCUT2D eigenvalue weighted by molar-refractivity contribution is 0.475. The van der Waals surface area contributed by atoms with Gasteiger partial charge in [0.1, 0.15) is 5.75 Å². The molecule has 0 aliphatic rings. The molecule has 0 atom stereocenters. The maximum Gasteiger partial charge on any atom is 0.190 e. The molecule has 10 heavy (non-hydrogen) atoms. The van der Waals surface area contributed by atoms with E-state index in [1.807, 2.05) is 0 Å². The molecule has 0 radical (unpaired) electrons. The number of hydrogen-bond donors (Lipinski definition) is 1. The van der Waals surface area contributed by atoms with Crippen LogP contribution in [-0.2, 0) is 0 Å². The van der Waals surface area contributed by atoms with Gasteiger partial charge in [-0.1, -0.05) is 6.07 Å². The predicted octanol–water partition coefficient (Wildman–Crippen LogP) is 2.25. The SMILES string of the molecule is [C-]#[N+]c1ccc(O)cc1C. The summed E-state index contributed by atoms with van der Waals surface area (Å²) in [5, 5.41) is 8.93. The summed E-state index contributed by atoms with van der Waals surface area (Å²) in [4.78, 5) is 3.25. The van der Waals surface area contributed by atoms with E-state index >= 15 is 0 Å². The fourth-order valence-electron chi connectivity index (χ4n) is 0.765. The van der Waals surface area contributed by atoms with Crippen molar-refractivity contribution in [2.24, 2.45) is 0 Å². The topological polar surface area (TPSA) is 24.6 Å². The van der Waals surface area contributed by atoms with Crippen molar-refractivity contribution in [1.29, 1.82) is 0 Å². The Morgan fingerprint density at radius 3 is 2.70 bits per heavy atom. The van der Waals surface area contributed by atoms with Crippen molar-refractivity contribution in [2.45, 2.75) is 6.92 Å². The highest BCUT2D eigenvalue weighted by Gasteiger charge is 1.95. The van der Waals surface area contributed by atoms with Crippen LogP contribution in [0.15, 0.2) is 18.2 Å². The summed E-state index contributed by atoms with van der Waals surface area (Å²) < 4.78 is 0. The van der Waals surface area contributed by atoms with Gasteiger partial charge in [0.25, 0.3) is 0 Å². The minimum atomic E-state index is 0.213. The van der Waals surface area contributed by atoms with Crippen molar-refractivity contribution in [3.8, 4) is 5.75 Å². The lowest BCUT2D eigenvalue weighted by atomic mass is 10.2. The Balaban J connectivity index is 3.23. The largest absolute Gasteiger partial charge is 0.508 e. The van der Waals surface area contributed by atoms with E-state index in [1.165, 1.54) is 6.07 Å². The molecule has 50 valence electrons. The smallest absolute Gasteiger partial charge is 0.190 e. The quantitative estimate of drug-likeness (QED) is 0.539. The highest BCUT2D eigenvalue weighted by molar-refractivity contribution is 5.53. The van der Waals surface area contributed by atoms with Gasteiger partial charge < -0.3 is 5.11 Å². The second kappa shape index (κ2) is 2.40. The molecule has 0 amide bonds. The number of aryl methyl sites for hydroxylation is 1. The molecule has 0 heterocycles. The molecule has 0 saturated heterocycles. The zero-order chi connectivity index (χ0) is 7.56. The third kappa shape index (κ3) is 1.08. The van der Waals surface area contributed by atoms with Crippen LogP contribution < -0.4 is 0 Å². The van der Waals surface area contributed by atoms with Gasteiger partial charge in [0.2, 0.25) is 0 Å². The van der Waals surface area contributed by atoms with E-state index in [1.54, 1.807) is 19.1 Å². The average Bonchev–Trinajstić information content (AvgIpc) is 1.88. The first-order chi connectivity index (χ1) is 4.74. The van der Waals surface area contributed by atoms with Crippen LogP contribution in [0.1, 0.15) is 5.56 Å². The Morgan fingerprint density at radius 2 is 2.20 bits per heavy atom. The summed E-state index contributed by atoms with van der Waals surface area (Å²) in [7, 11) is 0. The van der Waals surface area contributed by atoms with Crippen molar-refractivity contribution in [3.63, 3.8) is 0 Å². The fraction of sp³-hybridized carbons (Fsp3) is 0.125. The molecule has 1 aromatic rings. The Kier molecular flexibility index (Phi) is 1.59. The Morgan fingerprint density at radius 1 is 1.50 bits per heavy atom. The molecule has 0 spiro atoms. The van der Waals surface area contributed by atoms with Gasteiger partial charge in [-0.2, -0.15) is 0 Å². The molecule has 0 aromatic heterocycles. The standard InChI is InChI=1S/C8H7NO/c1-6-5-7(10)3-4-8(6)9-2/h3-5,10H,1H3. The van der Waals surface area contributed by atoms with Gasteiger partial charge in [-0.15, -0.1) is 0 Å². The summed E-state index contributed by atoms with van der Waals surface area (Å²) in [5.41, 5.74) is 1.41. The highest BCUT2D eigenvalue weighted by atomic mass is 16.3. The maximum absolute atomic E-state index is 8.93. The van der Waals surface area contributed by atoms with E-state index in [0.29, 0.717) is 5.69 Å². The molecule has 1 aromatic carbocycles. The van der Waals surface area contributed by atoms with Crippen LogP contribution in [0, 0.1) is 13.5 Å². The summed E-state index contributed by atoms with van der Waals surface area (Å²) in [6, 6.07) is 4.70. The van der Waals surface area contributed by atoms with Gasteiger partial charge in [0.15, 0.2) is 5.69 Å². The van der Waals surface area contributed by atoms with E-state index in [0.717, 1.165) is 5.56 Å². The van der Waals surface area contributed by atoms with Gasteiger partial charge >= 0.3 is 0 Å². The number of rotatable bonds is 0. The third-order valence-electron chi connectivity index (χ3n) is 1.30. The first kappa shape index (κ1) is 6.63. The second-order valence-corrected chi connectivity index (χ2v) is 2.08. The lowest BCUT2D eigenvalue weighted by Gasteiger charge is -1.95. The molecule has 0 aliphatic heterocycles. The van der Waals surface area contributed by atoms with E-state index in [-0.39, 0.29) is 5.75 Å². The van der Waals surface area contributed by atoms with Crippen LogP contribution in [0.3, 0.4) is 0 Å². The Bertz CT molecular complexity index is 286. The second-order valence-electron chi connectivity index (χ2n) is 2.08. The lowest BCUT2D eigenvalue weighted by Crippen LogP contribution is -1.70. The van der Waals surface area contributed by atoms with Crippen LogP contribution in [0.2, 0.25) is 0 Å². The Labute approximate surface area is 59.6 Å². The molecule has 0 bridgehead atoms. The minimum absolute atomic E-state index is 0.213. The predicted molar refractivity (Wildman–Crippen MR) is 39.1 cm³/mol. The van der Waals surface area contributed by atoms with Crippen LogP contribution in [0.5, 0.6) is 5.75 Å². The van der Waals surface area contributed by atoms with Crippen LogP contribution >= 0.6 is 0 Å². The normalized spacial score (nSPS) is 8.80. The Hall–Kier alpha value is -1.49. The molecule has 1 rings (SSSR count). The molecule has 0 fully saturated rings. The monoisotopic (exact) mass is 133 g/mol. The number of benzene rings is 1. The summed E-state index contributed by atoms with van der Waals surface area (Å²) in [5.74, 6) is 0.213. The van der Waals surface area contributed by atoms with E-state index in [2.05, 4.69) is 4.85 Å². The van der Waals surface area contributed by atoms with Crippen molar-refractivity contribution < 1.29 is 5.11 Å². The first-order valence-corrected chi connectivity index (χ1v) is 2.91. The number of hydrogen-bond acceptors (Lipinski definition) is 1. The number of nitrogens with zero attached hydrogens (tertiary/aromatic N) is 1. The van der Waals surface area contributed by atoms with E-state index < -0.39 is 0 Å². The molecule has 2 nitrogen and oxygen atoms in total. The van der Waals surface area contributed by atoms with Gasteiger partial charge in [0, 0.05) is 0 Å². The summed E-state index contributed by atoms with van der Waals surface area (Å²) >= 11 is 0. The van der Waals surface area contributed by atoms with E-state index in [9.17, 15) is 0 Å². The van der Waals surface area contributed by atoms with Gasteiger partial charge in [0.05, 0.1) is 6.57 Å². The van der Waals surface area contributed by atoms with Crippen molar-refractivity contribution >= 4 is 5.69 Å². The number of aromatic hydroxyl groups is 1.